The molecule has 6 nitrogen and oxygen atoms in total. The van der Waals surface area contributed by atoms with Gasteiger partial charge in [0, 0.05) is 6.20 Å². The van der Waals surface area contributed by atoms with Crippen molar-refractivity contribution in [1.82, 2.24) is 15.2 Å². The van der Waals surface area contributed by atoms with Gasteiger partial charge in [-0.1, -0.05) is 17.8 Å². The van der Waals surface area contributed by atoms with Gasteiger partial charge in [-0.25, -0.2) is 0 Å². The average Bonchev–Trinajstić information content (AvgIpc) is 2.78. The zero-order chi connectivity index (χ0) is 12.3. The third kappa shape index (κ3) is 2.82. The van der Waals surface area contributed by atoms with E-state index in [4.69, 9.17) is 9.52 Å². The molecule has 1 unspecified atom stereocenters. The second kappa shape index (κ2) is 4.96. The van der Waals surface area contributed by atoms with E-state index in [2.05, 4.69) is 15.2 Å². The van der Waals surface area contributed by atoms with Crippen molar-refractivity contribution in [1.29, 1.82) is 0 Å². The molecule has 0 spiro atoms. The van der Waals surface area contributed by atoms with E-state index < -0.39 is 11.2 Å². The molecule has 0 aliphatic rings. The molecule has 0 saturated heterocycles. The van der Waals surface area contributed by atoms with Gasteiger partial charge in [0.05, 0.1) is 0 Å². The van der Waals surface area contributed by atoms with E-state index in [1.54, 1.807) is 31.3 Å². The minimum absolute atomic E-state index is 0.223. The Morgan fingerprint density at radius 3 is 2.94 bits per heavy atom. The van der Waals surface area contributed by atoms with E-state index in [1.807, 2.05) is 0 Å². The molecule has 88 valence electrons. The molecular formula is C10H9N3O3S. The summed E-state index contributed by atoms with van der Waals surface area (Å²) in [5, 5.41) is 15.9. The van der Waals surface area contributed by atoms with Gasteiger partial charge in [0.2, 0.25) is 0 Å². The molecule has 0 bridgehead atoms. The third-order valence-electron chi connectivity index (χ3n) is 1.92. The SMILES string of the molecule is CC(Sc1nnc(-c2ccccn2)o1)C(=O)O. The van der Waals surface area contributed by atoms with E-state index in [0.29, 0.717) is 5.69 Å². The van der Waals surface area contributed by atoms with Gasteiger partial charge >= 0.3 is 5.97 Å². The van der Waals surface area contributed by atoms with Crippen LogP contribution in [-0.4, -0.2) is 31.5 Å². The van der Waals surface area contributed by atoms with Gasteiger partial charge in [0.15, 0.2) is 0 Å². The molecule has 2 rings (SSSR count). The highest BCUT2D eigenvalue weighted by molar-refractivity contribution is 8.00. The third-order valence-corrected chi connectivity index (χ3v) is 2.84. The Hall–Kier alpha value is -1.89. The predicted octanol–water partition coefficient (Wildman–Crippen LogP) is 1.70. The first-order valence-electron chi connectivity index (χ1n) is 4.81. The van der Waals surface area contributed by atoms with Crippen LogP contribution in [0, 0.1) is 0 Å². The molecule has 17 heavy (non-hydrogen) atoms. The van der Waals surface area contributed by atoms with Crippen molar-refractivity contribution < 1.29 is 14.3 Å². The number of carboxylic acids is 1. The number of aromatic nitrogens is 3. The molecule has 2 aromatic rings. The summed E-state index contributed by atoms with van der Waals surface area (Å²) < 4.78 is 5.31. The number of hydrogen-bond acceptors (Lipinski definition) is 6. The summed E-state index contributed by atoms with van der Waals surface area (Å²) in [7, 11) is 0. The lowest BCUT2D eigenvalue weighted by Crippen LogP contribution is -2.10. The Labute approximate surface area is 101 Å². The fourth-order valence-electron chi connectivity index (χ4n) is 1.05. The van der Waals surface area contributed by atoms with Crippen LogP contribution in [-0.2, 0) is 4.79 Å². The molecule has 1 N–H and O–H groups in total. The van der Waals surface area contributed by atoms with Crippen molar-refractivity contribution >= 4 is 17.7 Å². The molecule has 0 aliphatic carbocycles. The number of thioether (sulfide) groups is 1. The molecule has 2 aromatic heterocycles. The molecule has 0 radical (unpaired) electrons. The normalized spacial score (nSPS) is 12.3. The first kappa shape index (κ1) is 11.6. The predicted molar refractivity (Wildman–Crippen MR) is 60.5 cm³/mol. The van der Waals surface area contributed by atoms with Gasteiger partial charge in [-0.3, -0.25) is 9.78 Å². The Kier molecular flexibility index (Phi) is 3.38. The Balaban J connectivity index is 2.14. The van der Waals surface area contributed by atoms with E-state index in [1.165, 1.54) is 0 Å². The largest absolute Gasteiger partial charge is 0.480 e. The van der Waals surface area contributed by atoms with Crippen LogP contribution in [0.1, 0.15) is 6.92 Å². The van der Waals surface area contributed by atoms with Crippen molar-refractivity contribution in [3.63, 3.8) is 0 Å². The molecule has 7 heteroatoms. The van der Waals surface area contributed by atoms with Crippen LogP contribution in [0.4, 0.5) is 0 Å². The van der Waals surface area contributed by atoms with Crippen molar-refractivity contribution in [3.05, 3.63) is 24.4 Å². The van der Waals surface area contributed by atoms with E-state index in [-0.39, 0.29) is 11.1 Å². The molecule has 0 aliphatic heterocycles. The topological polar surface area (TPSA) is 89.1 Å². The highest BCUT2D eigenvalue weighted by Crippen LogP contribution is 2.24. The zero-order valence-electron chi connectivity index (χ0n) is 8.90. The van der Waals surface area contributed by atoms with Crippen LogP contribution in [0.15, 0.2) is 34.0 Å². The van der Waals surface area contributed by atoms with E-state index in [0.717, 1.165) is 11.8 Å². The molecule has 0 saturated carbocycles. The number of carbonyl (C=O) groups is 1. The van der Waals surface area contributed by atoms with Crippen molar-refractivity contribution in [2.24, 2.45) is 0 Å². The minimum Gasteiger partial charge on any atom is -0.480 e. The molecule has 2 heterocycles. The van der Waals surface area contributed by atoms with Gasteiger partial charge < -0.3 is 9.52 Å². The lowest BCUT2D eigenvalue weighted by Gasteiger charge is -1.99. The van der Waals surface area contributed by atoms with Crippen LogP contribution in [0.2, 0.25) is 0 Å². The molecule has 0 aromatic carbocycles. The number of nitrogens with zero attached hydrogens (tertiary/aromatic N) is 3. The Bertz CT molecular complexity index is 515. The maximum absolute atomic E-state index is 10.7. The summed E-state index contributed by atoms with van der Waals surface area (Å²) in [6.45, 7) is 1.55. The lowest BCUT2D eigenvalue weighted by atomic mass is 10.3. The first-order chi connectivity index (χ1) is 8.16. The molecule has 1 atom stereocenters. The van der Waals surface area contributed by atoms with Gasteiger partial charge in [0.1, 0.15) is 10.9 Å². The number of rotatable bonds is 4. The van der Waals surface area contributed by atoms with E-state index >= 15 is 0 Å². The smallest absolute Gasteiger partial charge is 0.316 e. The number of carboxylic acid groups (broad SMARTS) is 1. The van der Waals surface area contributed by atoms with Crippen molar-refractivity contribution in [2.75, 3.05) is 0 Å². The van der Waals surface area contributed by atoms with Gasteiger partial charge in [-0.05, 0) is 19.1 Å². The second-order valence-electron chi connectivity index (χ2n) is 3.19. The number of hydrogen-bond donors (Lipinski definition) is 1. The van der Waals surface area contributed by atoms with Gasteiger partial charge in [-0.15, -0.1) is 10.2 Å². The summed E-state index contributed by atoms with van der Waals surface area (Å²) in [6.07, 6.45) is 1.62. The van der Waals surface area contributed by atoms with Crippen LogP contribution < -0.4 is 0 Å². The average molecular weight is 251 g/mol. The van der Waals surface area contributed by atoms with Crippen LogP contribution >= 0.6 is 11.8 Å². The van der Waals surface area contributed by atoms with Gasteiger partial charge in [0.25, 0.3) is 11.1 Å². The highest BCUT2D eigenvalue weighted by atomic mass is 32.2. The van der Waals surface area contributed by atoms with Crippen LogP contribution in [0.3, 0.4) is 0 Å². The second-order valence-corrected chi connectivity index (χ2v) is 4.48. The maximum atomic E-state index is 10.7. The molecule has 0 amide bonds. The Morgan fingerprint density at radius 1 is 1.47 bits per heavy atom. The highest BCUT2D eigenvalue weighted by Gasteiger charge is 2.17. The summed E-state index contributed by atoms with van der Waals surface area (Å²) in [6, 6.07) is 5.32. The molecule has 0 fully saturated rings. The van der Waals surface area contributed by atoms with Crippen molar-refractivity contribution in [3.8, 4) is 11.6 Å². The van der Waals surface area contributed by atoms with Crippen molar-refractivity contribution in [2.45, 2.75) is 17.4 Å². The fraction of sp³-hybridized carbons (Fsp3) is 0.200. The quantitative estimate of drug-likeness (QED) is 0.827. The molecular weight excluding hydrogens is 242 g/mol. The standard InChI is InChI=1S/C10H9N3O3S/c1-6(9(14)15)17-10-13-12-8(16-10)7-4-2-3-5-11-7/h2-6H,1H3,(H,14,15). The van der Waals surface area contributed by atoms with Crippen LogP contribution in [0.25, 0.3) is 11.6 Å². The summed E-state index contributed by atoms with van der Waals surface area (Å²) in [5.74, 6) is -0.640. The first-order valence-corrected chi connectivity index (χ1v) is 5.69. The Morgan fingerprint density at radius 2 is 2.29 bits per heavy atom. The number of pyridine rings is 1. The maximum Gasteiger partial charge on any atom is 0.316 e. The zero-order valence-corrected chi connectivity index (χ0v) is 9.72. The monoisotopic (exact) mass is 251 g/mol. The van der Waals surface area contributed by atoms with E-state index in [9.17, 15) is 4.79 Å². The van der Waals surface area contributed by atoms with Gasteiger partial charge in [-0.2, -0.15) is 0 Å². The number of aliphatic carboxylic acids is 1. The summed E-state index contributed by atoms with van der Waals surface area (Å²) in [5.41, 5.74) is 0.565. The fourth-order valence-corrected chi connectivity index (χ4v) is 1.67. The summed E-state index contributed by atoms with van der Waals surface area (Å²) >= 11 is 1.000. The van der Waals surface area contributed by atoms with Crippen LogP contribution in [0.5, 0.6) is 0 Å². The summed E-state index contributed by atoms with van der Waals surface area (Å²) in [4.78, 5) is 14.7. The minimum atomic E-state index is -0.924. The lowest BCUT2D eigenvalue weighted by molar-refractivity contribution is -0.136.